The molecule has 1 aromatic rings. The van der Waals surface area contributed by atoms with Gasteiger partial charge in [0.1, 0.15) is 0 Å². The van der Waals surface area contributed by atoms with Crippen LogP contribution in [0.15, 0.2) is 29.2 Å². The van der Waals surface area contributed by atoms with E-state index in [1.807, 2.05) is 6.07 Å². The largest absolute Gasteiger partial charge is 0.344 e. The van der Waals surface area contributed by atoms with Crippen molar-refractivity contribution in [1.29, 1.82) is 0 Å². The smallest absolute Gasteiger partial charge is 0.294 e. The van der Waals surface area contributed by atoms with Crippen molar-refractivity contribution >= 4 is 10.1 Å². The minimum absolute atomic E-state index is 0. The molecular formula is C24H45NO3S. The van der Waals surface area contributed by atoms with Crippen molar-refractivity contribution in [2.75, 3.05) is 0 Å². The Kier molecular flexibility index (Phi) is 17.3. The van der Waals surface area contributed by atoms with E-state index in [-0.39, 0.29) is 11.0 Å². The molecule has 0 amide bonds. The molecule has 0 saturated carbocycles. The highest BCUT2D eigenvalue weighted by Crippen LogP contribution is 2.19. The highest BCUT2D eigenvalue weighted by atomic mass is 32.2. The highest BCUT2D eigenvalue weighted by Gasteiger charge is 2.13. The van der Waals surface area contributed by atoms with E-state index in [1.165, 1.54) is 96.0 Å². The van der Waals surface area contributed by atoms with E-state index in [0.717, 1.165) is 18.4 Å². The lowest BCUT2D eigenvalue weighted by Gasteiger charge is -2.07. The molecule has 1 aromatic carbocycles. The lowest BCUT2D eigenvalue weighted by atomic mass is 10.0. The van der Waals surface area contributed by atoms with Gasteiger partial charge in [-0.1, -0.05) is 121 Å². The minimum atomic E-state index is -4.11. The van der Waals surface area contributed by atoms with Crippen LogP contribution in [0.25, 0.3) is 0 Å². The van der Waals surface area contributed by atoms with Gasteiger partial charge in [-0.25, -0.2) is 0 Å². The van der Waals surface area contributed by atoms with E-state index in [4.69, 9.17) is 0 Å². The fourth-order valence-electron chi connectivity index (χ4n) is 3.83. The van der Waals surface area contributed by atoms with Gasteiger partial charge >= 0.3 is 0 Å². The number of benzene rings is 1. The molecule has 0 heterocycles. The predicted octanol–water partition coefficient (Wildman–Crippen LogP) is 7.90. The first-order valence-electron chi connectivity index (χ1n) is 11.6. The lowest BCUT2D eigenvalue weighted by molar-refractivity contribution is 0.481. The van der Waals surface area contributed by atoms with Crippen molar-refractivity contribution in [2.24, 2.45) is 0 Å². The molecule has 0 aliphatic heterocycles. The minimum Gasteiger partial charge on any atom is -0.344 e. The summed E-state index contributed by atoms with van der Waals surface area (Å²) in [7, 11) is -4.11. The van der Waals surface area contributed by atoms with Crippen molar-refractivity contribution in [2.45, 2.75) is 121 Å². The van der Waals surface area contributed by atoms with Crippen molar-refractivity contribution in [3.8, 4) is 0 Å². The normalized spacial score (nSPS) is 11.4. The molecule has 0 aliphatic carbocycles. The molecule has 0 unspecified atom stereocenters. The maximum absolute atomic E-state index is 11.4. The third kappa shape index (κ3) is 14.7. The van der Waals surface area contributed by atoms with Gasteiger partial charge in [-0.05, 0) is 24.5 Å². The van der Waals surface area contributed by atoms with Crippen LogP contribution in [0.1, 0.15) is 115 Å². The van der Waals surface area contributed by atoms with Gasteiger partial charge in [-0.2, -0.15) is 8.42 Å². The Labute approximate surface area is 180 Å². The molecule has 0 aromatic heterocycles. The molecule has 4 nitrogen and oxygen atoms in total. The fourth-order valence-corrected chi connectivity index (χ4v) is 4.58. The average molecular weight is 428 g/mol. The third-order valence-electron chi connectivity index (χ3n) is 5.55. The summed E-state index contributed by atoms with van der Waals surface area (Å²) in [6, 6.07) is 6.77. The molecule has 0 saturated heterocycles. The molecule has 0 bridgehead atoms. The molecule has 0 spiro atoms. The number of rotatable bonds is 18. The first-order valence-corrected chi connectivity index (χ1v) is 13.0. The molecule has 4 N–H and O–H groups in total. The van der Waals surface area contributed by atoms with Crippen LogP contribution in [-0.2, 0) is 16.5 Å². The van der Waals surface area contributed by atoms with E-state index in [9.17, 15) is 13.0 Å². The highest BCUT2D eigenvalue weighted by molar-refractivity contribution is 7.85. The Bertz CT molecular complexity index is 602. The van der Waals surface area contributed by atoms with Crippen LogP contribution in [0.2, 0.25) is 0 Å². The Morgan fingerprint density at radius 2 is 1.03 bits per heavy atom. The van der Waals surface area contributed by atoms with Gasteiger partial charge in [0.2, 0.25) is 0 Å². The van der Waals surface area contributed by atoms with Crippen LogP contribution in [0.3, 0.4) is 0 Å². The zero-order valence-corrected chi connectivity index (χ0v) is 19.5. The molecule has 0 atom stereocenters. The van der Waals surface area contributed by atoms with Crippen LogP contribution in [0.4, 0.5) is 0 Å². The monoisotopic (exact) mass is 427 g/mol. The third-order valence-corrected chi connectivity index (χ3v) is 6.50. The average Bonchev–Trinajstić information content (AvgIpc) is 2.67. The lowest BCUT2D eigenvalue weighted by Crippen LogP contribution is -2.03. The molecular weight excluding hydrogens is 382 g/mol. The van der Waals surface area contributed by atoms with E-state index < -0.39 is 10.1 Å². The Hall–Kier alpha value is -0.910. The SMILES string of the molecule is CCCCCCCCCCCCCCCCCCc1ccccc1S(=O)(=O)O.N. The second kappa shape index (κ2) is 17.9. The van der Waals surface area contributed by atoms with Crippen LogP contribution >= 0.6 is 0 Å². The second-order valence-electron chi connectivity index (χ2n) is 8.14. The maximum Gasteiger partial charge on any atom is 0.294 e. The van der Waals surface area contributed by atoms with Gasteiger partial charge in [-0.15, -0.1) is 0 Å². The zero-order chi connectivity index (χ0) is 20.5. The summed E-state index contributed by atoms with van der Waals surface area (Å²) in [4.78, 5) is 0.0657. The summed E-state index contributed by atoms with van der Waals surface area (Å²) in [6.07, 6.45) is 22.0. The topological polar surface area (TPSA) is 89.4 Å². The van der Waals surface area contributed by atoms with Crippen LogP contribution in [0, 0.1) is 0 Å². The summed E-state index contributed by atoms with van der Waals surface area (Å²) in [5.41, 5.74) is 0.732. The van der Waals surface area contributed by atoms with E-state index in [0.29, 0.717) is 6.42 Å². The van der Waals surface area contributed by atoms with E-state index in [1.54, 1.807) is 12.1 Å². The Balaban J connectivity index is 0.00000784. The maximum atomic E-state index is 11.4. The van der Waals surface area contributed by atoms with Crippen LogP contribution < -0.4 is 6.15 Å². The first kappa shape index (κ1) is 28.1. The first-order chi connectivity index (χ1) is 13.6. The Morgan fingerprint density at radius 1 is 0.655 bits per heavy atom. The van der Waals surface area contributed by atoms with Crippen molar-refractivity contribution in [1.82, 2.24) is 6.15 Å². The van der Waals surface area contributed by atoms with Crippen molar-refractivity contribution < 1.29 is 13.0 Å². The number of unbranched alkanes of at least 4 members (excludes halogenated alkanes) is 15. The van der Waals surface area contributed by atoms with Gasteiger partial charge in [-0.3, -0.25) is 4.55 Å². The summed E-state index contributed by atoms with van der Waals surface area (Å²) in [5.74, 6) is 0. The van der Waals surface area contributed by atoms with Crippen molar-refractivity contribution in [3.63, 3.8) is 0 Å². The molecule has 0 radical (unpaired) electrons. The summed E-state index contributed by atoms with van der Waals surface area (Å²) in [6.45, 7) is 2.27. The van der Waals surface area contributed by atoms with Gasteiger partial charge in [0.05, 0.1) is 4.90 Å². The standard InChI is InChI=1S/C24H42O3S.H3N/c1-2-3-4-5-6-7-8-9-10-11-12-13-14-15-16-17-20-23-21-18-19-22-24(23)28(25,26)27;/h18-19,21-22H,2-17,20H2,1H3,(H,25,26,27);1H3. The van der Waals surface area contributed by atoms with Gasteiger partial charge in [0.15, 0.2) is 0 Å². The van der Waals surface area contributed by atoms with Gasteiger partial charge < -0.3 is 6.15 Å². The van der Waals surface area contributed by atoms with Crippen LogP contribution in [-0.4, -0.2) is 13.0 Å². The van der Waals surface area contributed by atoms with Gasteiger partial charge in [0.25, 0.3) is 10.1 Å². The van der Waals surface area contributed by atoms with Crippen molar-refractivity contribution in [3.05, 3.63) is 29.8 Å². The molecule has 0 fully saturated rings. The van der Waals surface area contributed by atoms with E-state index in [2.05, 4.69) is 6.92 Å². The molecule has 1 rings (SSSR count). The predicted molar refractivity (Wildman–Crippen MR) is 125 cm³/mol. The number of aryl methyl sites for hydroxylation is 1. The molecule has 29 heavy (non-hydrogen) atoms. The summed E-state index contributed by atoms with van der Waals surface area (Å²) >= 11 is 0. The van der Waals surface area contributed by atoms with Crippen LogP contribution in [0.5, 0.6) is 0 Å². The summed E-state index contributed by atoms with van der Waals surface area (Å²) in [5, 5.41) is 0. The molecule has 5 heteroatoms. The second-order valence-corrected chi connectivity index (χ2v) is 9.53. The fraction of sp³-hybridized carbons (Fsp3) is 0.750. The zero-order valence-electron chi connectivity index (χ0n) is 18.7. The number of hydrogen-bond donors (Lipinski definition) is 2. The van der Waals surface area contributed by atoms with E-state index >= 15 is 0 Å². The summed E-state index contributed by atoms with van der Waals surface area (Å²) < 4.78 is 32.0. The molecule has 0 aliphatic rings. The van der Waals surface area contributed by atoms with Gasteiger partial charge in [0, 0.05) is 0 Å². The number of hydrogen-bond acceptors (Lipinski definition) is 3. The Morgan fingerprint density at radius 3 is 1.45 bits per heavy atom. The quantitative estimate of drug-likeness (QED) is 0.184. The molecule has 170 valence electrons.